The van der Waals surface area contributed by atoms with Crippen LogP contribution in [0.5, 0.6) is 0 Å². The van der Waals surface area contributed by atoms with Gasteiger partial charge in [-0.2, -0.15) is 26.3 Å². The SMILES string of the molecule is C=C(CCN1CCC(F)(F)CC1)n1cc(-c2cnc(N)c(C(F)(F)F)c2)nc1CC(F)(F)F. The van der Waals surface area contributed by atoms with Gasteiger partial charge in [0, 0.05) is 62.6 Å². The van der Waals surface area contributed by atoms with Crippen molar-refractivity contribution in [3.05, 3.63) is 36.4 Å². The summed E-state index contributed by atoms with van der Waals surface area (Å²) in [6, 6.07) is 0.670. The van der Waals surface area contributed by atoms with Gasteiger partial charge in [0.2, 0.25) is 0 Å². The molecule has 2 N–H and O–H groups in total. The Balaban J connectivity index is 1.85. The third-order valence-electron chi connectivity index (χ3n) is 5.30. The first-order valence-corrected chi connectivity index (χ1v) is 9.91. The largest absolute Gasteiger partial charge is 0.419 e. The van der Waals surface area contributed by atoms with E-state index in [0.29, 0.717) is 6.07 Å². The lowest BCUT2D eigenvalue weighted by atomic mass is 10.1. The van der Waals surface area contributed by atoms with Crippen LogP contribution >= 0.6 is 0 Å². The highest BCUT2D eigenvalue weighted by molar-refractivity contribution is 5.63. The van der Waals surface area contributed by atoms with Crippen molar-refractivity contribution in [1.29, 1.82) is 0 Å². The Morgan fingerprint density at radius 1 is 1.12 bits per heavy atom. The molecule has 182 valence electrons. The van der Waals surface area contributed by atoms with Gasteiger partial charge in [0.1, 0.15) is 18.1 Å². The maximum atomic E-state index is 13.3. The Morgan fingerprint density at radius 3 is 2.33 bits per heavy atom. The number of hydrogen-bond acceptors (Lipinski definition) is 4. The van der Waals surface area contributed by atoms with Gasteiger partial charge in [-0.3, -0.25) is 0 Å². The first kappa shape index (κ1) is 24.9. The van der Waals surface area contributed by atoms with Crippen LogP contribution in [-0.2, 0) is 12.6 Å². The molecule has 0 amide bonds. The number of nitrogen functional groups attached to an aromatic ring is 1. The summed E-state index contributed by atoms with van der Waals surface area (Å²) in [5, 5.41) is 0. The van der Waals surface area contributed by atoms with E-state index >= 15 is 0 Å². The molecule has 1 saturated heterocycles. The van der Waals surface area contributed by atoms with Crippen molar-refractivity contribution in [3.63, 3.8) is 0 Å². The van der Waals surface area contributed by atoms with Gasteiger partial charge in [-0.15, -0.1) is 0 Å². The number of pyridine rings is 1. The van der Waals surface area contributed by atoms with E-state index in [2.05, 4.69) is 16.5 Å². The molecule has 0 radical (unpaired) electrons. The molecule has 0 spiro atoms. The van der Waals surface area contributed by atoms with Gasteiger partial charge < -0.3 is 15.2 Å². The highest BCUT2D eigenvalue weighted by Crippen LogP contribution is 2.35. The van der Waals surface area contributed by atoms with E-state index in [1.807, 2.05) is 0 Å². The smallest absolute Gasteiger partial charge is 0.383 e. The monoisotopic (exact) mass is 483 g/mol. The predicted octanol–water partition coefficient (Wildman–Crippen LogP) is 5.24. The van der Waals surface area contributed by atoms with E-state index in [1.54, 1.807) is 4.90 Å². The normalized spacial score (nSPS) is 17.3. The topological polar surface area (TPSA) is 60.0 Å². The van der Waals surface area contributed by atoms with Crippen LogP contribution in [0, 0.1) is 0 Å². The zero-order chi connectivity index (χ0) is 24.6. The Bertz CT molecular complexity index is 999. The van der Waals surface area contributed by atoms with Crippen molar-refractivity contribution in [2.45, 2.75) is 44.0 Å². The maximum Gasteiger partial charge on any atom is 0.419 e. The second kappa shape index (κ2) is 8.92. The summed E-state index contributed by atoms with van der Waals surface area (Å²) in [7, 11) is 0. The number of halogens is 8. The standard InChI is InChI=1S/C20H21F8N5/c1-12(2-5-32-6-3-18(21,22)4-7-32)33-11-15(31-16(33)9-19(23,24)25)13-8-14(20(26,27)28)17(29)30-10-13/h8,10-11H,1-7,9H2,(H2,29,30). The van der Waals surface area contributed by atoms with Crippen LogP contribution in [0.15, 0.2) is 25.0 Å². The van der Waals surface area contributed by atoms with Crippen LogP contribution in [0.3, 0.4) is 0 Å². The fourth-order valence-electron chi connectivity index (χ4n) is 3.49. The quantitative estimate of drug-likeness (QED) is 0.571. The maximum absolute atomic E-state index is 13.3. The van der Waals surface area contributed by atoms with Crippen molar-refractivity contribution < 1.29 is 35.1 Å². The number of rotatable bonds is 6. The second-order valence-corrected chi connectivity index (χ2v) is 7.87. The molecule has 2 aromatic heterocycles. The third-order valence-corrected chi connectivity index (χ3v) is 5.30. The summed E-state index contributed by atoms with van der Waals surface area (Å²) in [6.45, 7) is 4.34. The van der Waals surface area contributed by atoms with Gasteiger partial charge in [-0.1, -0.05) is 6.58 Å². The van der Waals surface area contributed by atoms with Crippen molar-refractivity contribution in [2.75, 3.05) is 25.4 Å². The summed E-state index contributed by atoms with van der Waals surface area (Å²) in [6.07, 6.45) is -9.18. The van der Waals surface area contributed by atoms with Crippen molar-refractivity contribution in [3.8, 4) is 11.3 Å². The summed E-state index contributed by atoms with van der Waals surface area (Å²) in [4.78, 5) is 9.11. The minimum absolute atomic E-state index is 0.141. The molecule has 33 heavy (non-hydrogen) atoms. The molecule has 1 aliphatic rings. The van der Waals surface area contributed by atoms with E-state index in [1.165, 1.54) is 0 Å². The highest BCUT2D eigenvalue weighted by atomic mass is 19.4. The summed E-state index contributed by atoms with van der Waals surface area (Å²) in [5.41, 5.74) is 3.92. The van der Waals surface area contributed by atoms with Gasteiger partial charge in [0.05, 0.1) is 11.3 Å². The molecular weight excluding hydrogens is 462 g/mol. The van der Waals surface area contributed by atoms with Gasteiger partial charge in [-0.05, 0) is 6.07 Å². The van der Waals surface area contributed by atoms with Crippen LogP contribution < -0.4 is 5.73 Å². The van der Waals surface area contributed by atoms with E-state index in [0.717, 1.165) is 17.0 Å². The molecule has 1 fully saturated rings. The molecule has 0 aliphatic carbocycles. The van der Waals surface area contributed by atoms with Crippen molar-refractivity contribution in [1.82, 2.24) is 19.4 Å². The molecule has 0 unspecified atom stereocenters. The zero-order valence-corrected chi connectivity index (χ0v) is 17.3. The lowest BCUT2D eigenvalue weighted by Gasteiger charge is -2.31. The molecule has 3 heterocycles. The summed E-state index contributed by atoms with van der Waals surface area (Å²) >= 11 is 0. The third kappa shape index (κ3) is 6.42. The van der Waals surface area contributed by atoms with Crippen LogP contribution in [-0.4, -0.2) is 51.2 Å². The molecule has 1 aliphatic heterocycles. The van der Waals surface area contributed by atoms with Crippen LogP contribution in [0.1, 0.15) is 30.7 Å². The van der Waals surface area contributed by atoms with Gasteiger partial charge in [0.25, 0.3) is 5.92 Å². The number of hydrogen-bond donors (Lipinski definition) is 1. The number of anilines is 1. The minimum Gasteiger partial charge on any atom is -0.383 e. The molecule has 3 rings (SSSR count). The lowest BCUT2D eigenvalue weighted by Crippen LogP contribution is -2.39. The number of nitrogens with two attached hydrogens (primary N) is 1. The van der Waals surface area contributed by atoms with E-state index in [9.17, 15) is 35.1 Å². The van der Waals surface area contributed by atoms with Crippen molar-refractivity contribution >= 4 is 11.5 Å². The molecule has 0 atom stereocenters. The lowest BCUT2D eigenvalue weighted by molar-refractivity contribution is -0.137. The van der Waals surface area contributed by atoms with Gasteiger partial charge in [-0.25, -0.2) is 18.7 Å². The van der Waals surface area contributed by atoms with Gasteiger partial charge in [0.15, 0.2) is 0 Å². The highest BCUT2D eigenvalue weighted by Gasteiger charge is 2.36. The minimum atomic E-state index is -4.81. The number of alkyl halides is 8. The van der Waals surface area contributed by atoms with E-state index in [4.69, 9.17) is 5.73 Å². The number of nitrogens with zero attached hydrogens (tertiary/aromatic N) is 4. The molecule has 5 nitrogen and oxygen atoms in total. The summed E-state index contributed by atoms with van der Waals surface area (Å²) in [5.74, 6) is -3.95. The molecule has 0 saturated carbocycles. The predicted molar refractivity (Wildman–Crippen MR) is 105 cm³/mol. The Hall–Kier alpha value is -2.70. The Labute approximate surface area is 183 Å². The number of imidazole rings is 1. The first-order chi connectivity index (χ1) is 15.1. The van der Waals surface area contributed by atoms with E-state index < -0.39 is 41.9 Å². The summed E-state index contributed by atoms with van der Waals surface area (Å²) < 4.78 is 106. The zero-order valence-electron chi connectivity index (χ0n) is 17.3. The van der Waals surface area contributed by atoms with Crippen LogP contribution in [0.4, 0.5) is 40.9 Å². The average Bonchev–Trinajstić information content (AvgIpc) is 3.08. The first-order valence-electron chi connectivity index (χ1n) is 9.91. The number of likely N-dealkylation sites (tertiary alicyclic amines) is 1. The molecule has 0 aromatic carbocycles. The van der Waals surface area contributed by atoms with Gasteiger partial charge >= 0.3 is 12.4 Å². The molecule has 2 aromatic rings. The molecular formula is C20H21F8N5. The number of aromatic nitrogens is 3. The average molecular weight is 483 g/mol. The van der Waals surface area contributed by atoms with E-state index in [-0.39, 0.29) is 55.9 Å². The molecule has 0 bridgehead atoms. The fourth-order valence-corrected chi connectivity index (χ4v) is 3.49. The fraction of sp³-hybridized carbons (Fsp3) is 0.500. The van der Waals surface area contributed by atoms with Crippen LogP contribution in [0.25, 0.3) is 17.0 Å². The Morgan fingerprint density at radius 2 is 1.76 bits per heavy atom. The number of piperidine rings is 1. The van der Waals surface area contributed by atoms with Crippen LogP contribution in [0.2, 0.25) is 0 Å². The molecule has 13 heteroatoms. The van der Waals surface area contributed by atoms with Crippen molar-refractivity contribution in [2.24, 2.45) is 0 Å². The second-order valence-electron chi connectivity index (χ2n) is 7.87. The Kier molecular flexibility index (Phi) is 6.74.